The van der Waals surface area contributed by atoms with Crippen molar-refractivity contribution >= 4 is 0 Å². The van der Waals surface area contributed by atoms with Gasteiger partial charge in [0.2, 0.25) is 0 Å². The first-order chi connectivity index (χ1) is 9.33. The van der Waals surface area contributed by atoms with Crippen LogP contribution in [0.3, 0.4) is 0 Å². The highest BCUT2D eigenvalue weighted by Gasteiger charge is 2.14. The van der Waals surface area contributed by atoms with E-state index in [1.807, 2.05) is 6.92 Å². The van der Waals surface area contributed by atoms with E-state index in [2.05, 4.69) is 85.8 Å². The van der Waals surface area contributed by atoms with Crippen molar-refractivity contribution in [3.05, 3.63) is 95.6 Å². The van der Waals surface area contributed by atoms with Crippen LogP contribution in [-0.2, 0) is 0 Å². The summed E-state index contributed by atoms with van der Waals surface area (Å²) in [7, 11) is 0. The zero-order chi connectivity index (χ0) is 13.5. The van der Waals surface area contributed by atoms with Crippen molar-refractivity contribution in [2.45, 2.75) is 19.8 Å². The SMILES string of the molecule is CC=CC=C(C)C(c1ccccc1)c1ccccc1. The van der Waals surface area contributed by atoms with Crippen LogP contribution in [0, 0.1) is 0 Å². The second-order valence-electron chi connectivity index (χ2n) is 4.69. The molecular weight excluding hydrogens is 228 g/mol. The lowest BCUT2D eigenvalue weighted by atomic mass is 9.85. The summed E-state index contributed by atoms with van der Waals surface area (Å²) >= 11 is 0. The summed E-state index contributed by atoms with van der Waals surface area (Å²) in [6, 6.07) is 21.3. The van der Waals surface area contributed by atoms with Crippen molar-refractivity contribution < 1.29 is 0 Å². The third-order valence-electron chi connectivity index (χ3n) is 3.27. The molecule has 0 N–H and O–H groups in total. The fourth-order valence-electron chi connectivity index (χ4n) is 2.35. The first-order valence-corrected chi connectivity index (χ1v) is 6.72. The molecule has 0 atom stereocenters. The van der Waals surface area contributed by atoms with E-state index in [4.69, 9.17) is 0 Å². The Morgan fingerprint density at radius 2 is 1.32 bits per heavy atom. The maximum Gasteiger partial charge on any atom is 0.0299 e. The zero-order valence-electron chi connectivity index (χ0n) is 11.6. The molecule has 0 heteroatoms. The van der Waals surface area contributed by atoms with Crippen molar-refractivity contribution in [2.75, 3.05) is 0 Å². The molecule has 0 unspecified atom stereocenters. The Kier molecular flexibility index (Phi) is 4.74. The summed E-state index contributed by atoms with van der Waals surface area (Å²) < 4.78 is 0. The number of hydrogen-bond donors (Lipinski definition) is 0. The minimum Gasteiger partial charge on any atom is -0.0877 e. The lowest BCUT2D eigenvalue weighted by Crippen LogP contribution is -2.02. The number of rotatable bonds is 4. The molecule has 0 radical (unpaired) electrons. The van der Waals surface area contributed by atoms with Gasteiger partial charge in [0.15, 0.2) is 0 Å². The van der Waals surface area contributed by atoms with Crippen LogP contribution in [0.15, 0.2) is 84.5 Å². The predicted molar refractivity (Wildman–Crippen MR) is 83.3 cm³/mol. The molecule has 2 rings (SSSR count). The molecule has 0 aliphatic rings. The van der Waals surface area contributed by atoms with Crippen molar-refractivity contribution in [3.8, 4) is 0 Å². The van der Waals surface area contributed by atoms with Gasteiger partial charge in [-0.25, -0.2) is 0 Å². The number of hydrogen-bond acceptors (Lipinski definition) is 0. The summed E-state index contributed by atoms with van der Waals surface area (Å²) in [6.45, 7) is 4.24. The molecule has 0 spiro atoms. The molecule has 0 aromatic heterocycles. The van der Waals surface area contributed by atoms with Crippen LogP contribution in [-0.4, -0.2) is 0 Å². The van der Waals surface area contributed by atoms with E-state index in [0.717, 1.165) is 0 Å². The van der Waals surface area contributed by atoms with Crippen LogP contribution in [0.1, 0.15) is 30.9 Å². The smallest absolute Gasteiger partial charge is 0.0299 e. The van der Waals surface area contributed by atoms with Crippen molar-refractivity contribution in [1.29, 1.82) is 0 Å². The Labute approximate surface area is 116 Å². The van der Waals surface area contributed by atoms with Gasteiger partial charge >= 0.3 is 0 Å². The number of benzene rings is 2. The van der Waals surface area contributed by atoms with E-state index in [-0.39, 0.29) is 0 Å². The topological polar surface area (TPSA) is 0 Å². The summed E-state index contributed by atoms with van der Waals surface area (Å²) in [5.74, 6) is 0.332. The molecule has 0 nitrogen and oxygen atoms in total. The van der Waals surface area contributed by atoms with Crippen LogP contribution < -0.4 is 0 Å². The van der Waals surface area contributed by atoms with E-state index < -0.39 is 0 Å². The maximum atomic E-state index is 2.20. The highest BCUT2D eigenvalue weighted by atomic mass is 14.2. The normalized spacial score (nSPS) is 12.3. The average Bonchev–Trinajstić information content (AvgIpc) is 2.47. The molecule has 96 valence electrons. The van der Waals surface area contributed by atoms with Gasteiger partial charge in [-0.3, -0.25) is 0 Å². The van der Waals surface area contributed by atoms with Gasteiger partial charge in [0.25, 0.3) is 0 Å². The Morgan fingerprint density at radius 1 is 0.842 bits per heavy atom. The second-order valence-corrected chi connectivity index (χ2v) is 4.69. The lowest BCUT2D eigenvalue weighted by Gasteiger charge is -2.19. The molecule has 19 heavy (non-hydrogen) atoms. The molecule has 0 aliphatic carbocycles. The first-order valence-electron chi connectivity index (χ1n) is 6.72. The van der Waals surface area contributed by atoms with Gasteiger partial charge in [-0.05, 0) is 25.0 Å². The second kappa shape index (κ2) is 6.75. The molecule has 0 saturated heterocycles. The van der Waals surface area contributed by atoms with Crippen molar-refractivity contribution in [2.24, 2.45) is 0 Å². The Morgan fingerprint density at radius 3 is 1.74 bits per heavy atom. The number of allylic oxidation sites excluding steroid dienone is 4. The standard InChI is InChI=1S/C19H20/c1-3-4-11-16(2)19(17-12-7-5-8-13-17)18-14-9-6-10-15-18/h3-15,19H,1-2H3. The minimum absolute atomic E-state index is 0.332. The Balaban J connectivity index is 2.46. The van der Waals surface area contributed by atoms with E-state index in [9.17, 15) is 0 Å². The Hall–Kier alpha value is -2.08. The zero-order valence-corrected chi connectivity index (χ0v) is 11.6. The van der Waals surface area contributed by atoms with E-state index in [0.29, 0.717) is 5.92 Å². The van der Waals surface area contributed by atoms with Gasteiger partial charge in [0, 0.05) is 5.92 Å². The predicted octanol–water partition coefficient (Wildman–Crippen LogP) is 5.34. The molecule has 0 bridgehead atoms. The third kappa shape index (κ3) is 3.45. The van der Waals surface area contributed by atoms with Crippen LogP contribution >= 0.6 is 0 Å². The monoisotopic (exact) mass is 248 g/mol. The third-order valence-corrected chi connectivity index (χ3v) is 3.27. The van der Waals surface area contributed by atoms with Gasteiger partial charge in [-0.1, -0.05) is 84.5 Å². The first kappa shape index (κ1) is 13.4. The van der Waals surface area contributed by atoms with Gasteiger partial charge < -0.3 is 0 Å². The van der Waals surface area contributed by atoms with Crippen LogP contribution in [0.5, 0.6) is 0 Å². The summed E-state index contributed by atoms with van der Waals surface area (Å²) in [5, 5.41) is 0. The van der Waals surface area contributed by atoms with Crippen molar-refractivity contribution in [3.63, 3.8) is 0 Å². The van der Waals surface area contributed by atoms with Gasteiger partial charge in [0.1, 0.15) is 0 Å². The molecule has 2 aromatic rings. The molecule has 2 aromatic carbocycles. The van der Waals surface area contributed by atoms with Crippen LogP contribution in [0.4, 0.5) is 0 Å². The van der Waals surface area contributed by atoms with Gasteiger partial charge in [-0.15, -0.1) is 0 Å². The largest absolute Gasteiger partial charge is 0.0877 e. The Bertz CT molecular complexity index is 508. The molecule has 0 amide bonds. The molecular formula is C19H20. The summed E-state index contributed by atoms with van der Waals surface area (Å²) in [5.41, 5.74) is 4.04. The van der Waals surface area contributed by atoms with E-state index in [1.165, 1.54) is 16.7 Å². The minimum atomic E-state index is 0.332. The summed E-state index contributed by atoms with van der Waals surface area (Å²) in [6.07, 6.45) is 6.37. The van der Waals surface area contributed by atoms with E-state index >= 15 is 0 Å². The van der Waals surface area contributed by atoms with E-state index in [1.54, 1.807) is 0 Å². The highest BCUT2D eigenvalue weighted by molar-refractivity contribution is 5.41. The van der Waals surface area contributed by atoms with Gasteiger partial charge in [-0.2, -0.15) is 0 Å². The average molecular weight is 248 g/mol. The molecule has 0 aliphatic heterocycles. The molecule has 0 saturated carbocycles. The highest BCUT2D eigenvalue weighted by Crippen LogP contribution is 2.31. The van der Waals surface area contributed by atoms with Crippen molar-refractivity contribution in [1.82, 2.24) is 0 Å². The maximum absolute atomic E-state index is 2.20. The fraction of sp³-hybridized carbons (Fsp3) is 0.158. The quantitative estimate of drug-likeness (QED) is 0.640. The van der Waals surface area contributed by atoms with Crippen LogP contribution in [0.2, 0.25) is 0 Å². The van der Waals surface area contributed by atoms with Crippen LogP contribution in [0.25, 0.3) is 0 Å². The molecule has 0 heterocycles. The summed E-state index contributed by atoms with van der Waals surface area (Å²) in [4.78, 5) is 0. The fourth-order valence-corrected chi connectivity index (χ4v) is 2.35. The molecule has 0 fully saturated rings. The van der Waals surface area contributed by atoms with Gasteiger partial charge in [0.05, 0.1) is 0 Å². The lowest BCUT2D eigenvalue weighted by molar-refractivity contribution is 0.946.